The predicted octanol–water partition coefficient (Wildman–Crippen LogP) is 3.77. The lowest BCUT2D eigenvalue weighted by Crippen LogP contribution is -2.34. The number of hydrogen-bond donors (Lipinski definition) is 0. The summed E-state index contributed by atoms with van der Waals surface area (Å²) in [5.41, 5.74) is 0. The molecule has 0 atom stereocenters. The van der Waals surface area contributed by atoms with Crippen molar-refractivity contribution in [3.05, 3.63) is 0 Å². The molecule has 0 aromatic rings. The van der Waals surface area contributed by atoms with E-state index in [1.54, 1.807) is 0 Å². The highest BCUT2D eigenvalue weighted by molar-refractivity contribution is 5.92. The van der Waals surface area contributed by atoms with Gasteiger partial charge in [0.1, 0.15) is 0 Å². The van der Waals surface area contributed by atoms with Gasteiger partial charge in [-0.2, -0.15) is 0 Å². The van der Waals surface area contributed by atoms with E-state index < -0.39 is 0 Å². The van der Waals surface area contributed by atoms with Crippen molar-refractivity contribution in [2.75, 3.05) is 6.54 Å². The average Bonchev–Trinajstić information content (AvgIpc) is 2.25. The molecule has 0 aliphatic rings. The Morgan fingerprint density at radius 2 is 1.28 bits per heavy atom. The van der Waals surface area contributed by atoms with Crippen LogP contribution in [0, 0.1) is 5.92 Å². The standard InChI is InChI=1S/C15H29NO2/c1-13(2)11-9-7-5-6-8-10-12-16(14(3)17)15(4)18/h13H,5-12H2,1-4H3. The van der Waals surface area contributed by atoms with Gasteiger partial charge in [0.2, 0.25) is 11.8 Å². The molecule has 106 valence electrons. The molecular weight excluding hydrogens is 226 g/mol. The van der Waals surface area contributed by atoms with Crippen LogP contribution in [0.15, 0.2) is 0 Å². The van der Waals surface area contributed by atoms with E-state index >= 15 is 0 Å². The van der Waals surface area contributed by atoms with E-state index in [1.807, 2.05) is 0 Å². The van der Waals surface area contributed by atoms with E-state index in [2.05, 4.69) is 13.8 Å². The van der Waals surface area contributed by atoms with E-state index in [-0.39, 0.29) is 11.8 Å². The molecule has 0 heterocycles. The molecule has 0 saturated carbocycles. The van der Waals surface area contributed by atoms with E-state index in [1.165, 1.54) is 50.9 Å². The van der Waals surface area contributed by atoms with Crippen molar-refractivity contribution < 1.29 is 9.59 Å². The van der Waals surface area contributed by atoms with Crippen LogP contribution in [0.2, 0.25) is 0 Å². The van der Waals surface area contributed by atoms with E-state index in [0.717, 1.165) is 18.8 Å². The van der Waals surface area contributed by atoms with Crippen molar-refractivity contribution in [3.8, 4) is 0 Å². The molecule has 18 heavy (non-hydrogen) atoms. The summed E-state index contributed by atoms with van der Waals surface area (Å²) in [7, 11) is 0. The Hall–Kier alpha value is -0.860. The summed E-state index contributed by atoms with van der Waals surface area (Å²) in [6.45, 7) is 8.01. The average molecular weight is 255 g/mol. The van der Waals surface area contributed by atoms with Crippen molar-refractivity contribution in [3.63, 3.8) is 0 Å². The number of unbranched alkanes of at least 4 members (excludes halogenated alkanes) is 5. The van der Waals surface area contributed by atoms with Crippen LogP contribution in [0.4, 0.5) is 0 Å². The summed E-state index contributed by atoms with van der Waals surface area (Å²) in [6, 6.07) is 0. The molecule has 0 saturated heterocycles. The Balaban J connectivity index is 3.44. The van der Waals surface area contributed by atoms with Gasteiger partial charge in [0.25, 0.3) is 0 Å². The third-order valence-corrected chi connectivity index (χ3v) is 3.17. The molecule has 0 N–H and O–H groups in total. The Morgan fingerprint density at radius 1 is 0.833 bits per heavy atom. The van der Waals surface area contributed by atoms with Gasteiger partial charge in [-0.05, 0) is 12.3 Å². The number of imide groups is 1. The highest BCUT2D eigenvalue weighted by Crippen LogP contribution is 2.11. The van der Waals surface area contributed by atoms with Gasteiger partial charge in [0.05, 0.1) is 0 Å². The Kier molecular flexibility index (Phi) is 9.62. The second-order valence-corrected chi connectivity index (χ2v) is 5.49. The zero-order valence-corrected chi connectivity index (χ0v) is 12.5. The van der Waals surface area contributed by atoms with Crippen LogP contribution in [-0.2, 0) is 9.59 Å². The lowest BCUT2D eigenvalue weighted by Gasteiger charge is -2.16. The van der Waals surface area contributed by atoms with Crippen LogP contribution < -0.4 is 0 Å². The molecule has 0 unspecified atom stereocenters. The minimum Gasteiger partial charge on any atom is -0.283 e. The largest absolute Gasteiger partial charge is 0.283 e. The molecule has 0 aromatic carbocycles. The second-order valence-electron chi connectivity index (χ2n) is 5.49. The zero-order valence-electron chi connectivity index (χ0n) is 12.5. The number of amides is 2. The lowest BCUT2D eigenvalue weighted by molar-refractivity contribution is -0.142. The summed E-state index contributed by atoms with van der Waals surface area (Å²) in [6.07, 6.45) is 8.48. The summed E-state index contributed by atoms with van der Waals surface area (Å²) < 4.78 is 0. The summed E-state index contributed by atoms with van der Waals surface area (Å²) in [4.78, 5) is 23.7. The summed E-state index contributed by atoms with van der Waals surface area (Å²) in [5.74, 6) is 0.531. The topological polar surface area (TPSA) is 37.4 Å². The van der Waals surface area contributed by atoms with Gasteiger partial charge in [-0.3, -0.25) is 14.5 Å². The third kappa shape index (κ3) is 9.20. The molecule has 0 aromatic heterocycles. The van der Waals surface area contributed by atoms with E-state index in [9.17, 15) is 9.59 Å². The van der Waals surface area contributed by atoms with Crippen molar-refractivity contribution in [2.45, 2.75) is 72.6 Å². The van der Waals surface area contributed by atoms with Crippen LogP contribution in [0.25, 0.3) is 0 Å². The molecule has 0 aliphatic carbocycles. The fourth-order valence-corrected chi connectivity index (χ4v) is 2.07. The maximum Gasteiger partial charge on any atom is 0.226 e. The number of hydrogen-bond acceptors (Lipinski definition) is 2. The first-order valence-electron chi connectivity index (χ1n) is 7.23. The fourth-order valence-electron chi connectivity index (χ4n) is 2.07. The van der Waals surface area contributed by atoms with Gasteiger partial charge in [-0.1, -0.05) is 52.4 Å². The Morgan fingerprint density at radius 3 is 1.72 bits per heavy atom. The van der Waals surface area contributed by atoms with Crippen LogP contribution in [0.1, 0.15) is 72.6 Å². The lowest BCUT2D eigenvalue weighted by atomic mass is 10.0. The first-order chi connectivity index (χ1) is 8.45. The molecule has 0 rings (SSSR count). The maximum atomic E-state index is 11.2. The van der Waals surface area contributed by atoms with Crippen LogP contribution >= 0.6 is 0 Å². The second kappa shape index (κ2) is 10.1. The number of nitrogens with zero attached hydrogens (tertiary/aromatic N) is 1. The summed E-state index contributed by atoms with van der Waals surface area (Å²) >= 11 is 0. The van der Waals surface area contributed by atoms with Gasteiger partial charge in [-0.15, -0.1) is 0 Å². The molecule has 0 fully saturated rings. The maximum absolute atomic E-state index is 11.2. The van der Waals surface area contributed by atoms with Gasteiger partial charge in [-0.25, -0.2) is 0 Å². The first-order valence-corrected chi connectivity index (χ1v) is 7.23. The number of carbonyl (C=O) groups excluding carboxylic acids is 2. The highest BCUT2D eigenvalue weighted by atomic mass is 16.2. The molecule has 0 radical (unpaired) electrons. The van der Waals surface area contributed by atoms with Crippen LogP contribution in [0.3, 0.4) is 0 Å². The van der Waals surface area contributed by atoms with Crippen molar-refractivity contribution >= 4 is 11.8 Å². The highest BCUT2D eigenvalue weighted by Gasteiger charge is 2.11. The van der Waals surface area contributed by atoms with Gasteiger partial charge >= 0.3 is 0 Å². The van der Waals surface area contributed by atoms with Crippen LogP contribution in [-0.4, -0.2) is 23.3 Å². The SMILES string of the molecule is CC(=O)N(CCCCCCCCC(C)C)C(C)=O. The smallest absolute Gasteiger partial charge is 0.226 e. The molecular formula is C15H29NO2. The minimum absolute atomic E-state index is 0.139. The minimum atomic E-state index is -0.139. The molecule has 0 aliphatic heterocycles. The fraction of sp³-hybridized carbons (Fsp3) is 0.867. The number of carbonyl (C=O) groups is 2. The zero-order chi connectivity index (χ0) is 14.0. The Bertz CT molecular complexity index is 235. The normalized spacial score (nSPS) is 10.7. The quantitative estimate of drug-likeness (QED) is 0.588. The van der Waals surface area contributed by atoms with Gasteiger partial charge < -0.3 is 0 Å². The van der Waals surface area contributed by atoms with Crippen molar-refractivity contribution in [1.82, 2.24) is 4.90 Å². The third-order valence-electron chi connectivity index (χ3n) is 3.17. The predicted molar refractivity (Wildman–Crippen MR) is 75.2 cm³/mol. The Labute approximate surface area is 112 Å². The summed E-state index contributed by atoms with van der Waals surface area (Å²) in [5, 5.41) is 0. The molecule has 0 bridgehead atoms. The van der Waals surface area contributed by atoms with Gasteiger partial charge in [0.15, 0.2) is 0 Å². The monoisotopic (exact) mass is 255 g/mol. The van der Waals surface area contributed by atoms with Crippen LogP contribution in [0.5, 0.6) is 0 Å². The molecule has 2 amide bonds. The number of rotatable bonds is 9. The van der Waals surface area contributed by atoms with Gasteiger partial charge in [0, 0.05) is 20.4 Å². The van der Waals surface area contributed by atoms with Crippen molar-refractivity contribution in [1.29, 1.82) is 0 Å². The molecule has 3 heteroatoms. The first kappa shape index (κ1) is 17.1. The van der Waals surface area contributed by atoms with E-state index in [0.29, 0.717) is 6.54 Å². The van der Waals surface area contributed by atoms with E-state index in [4.69, 9.17) is 0 Å². The molecule has 0 spiro atoms. The molecule has 3 nitrogen and oxygen atoms in total. The van der Waals surface area contributed by atoms with Crippen molar-refractivity contribution in [2.24, 2.45) is 5.92 Å².